The topological polar surface area (TPSA) is 86.4 Å². The van der Waals surface area contributed by atoms with Crippen molar-refractivity contribution in [1.29, 1.82) is 0 Å². The second-order valence-corrected chi connectivity index (χ2v) is 9.17. The van der Waals surface area contributed by atoms with E-state index < -0.39 is 10.6 Å². The van der Waals surface area contributed by atoms with E-state index in [2.05, 4.69) is 22.0 Å². The van der Waals surface area contributed by atoms with E-state index in [1.807, 2.05) is 42.3 Å². The van der Waals surface area contributed by atoms with Crippen LogP contribution in [0.15, 0.2) is 70.2 Å². The van der Waals surface area contributed by atoms with Gasteiger partial charge in [0, 0.05) is 46.6 Å². The molecule has 2 aliphatic heterocycles. The highest BCUT2D eigenvalue weighted by Crippen LogP contribution is 2.51. The molecule has 0 aliphatic carbocycles. The molecular weight excluding hydrogens is 502 g/mol. The molecule has 0 N–H and O–H groups in total. The molecule has 174 valence electrons. The minimum Gasteiger partial charge on any atom is -0.493 e. The molecule has 0 unspecified atom stereocenters. The summed E-state index contributed by atoms with van der Waals surface area (Å²) in [5.74, 6) is 2.04. The Hall–Kier alpha value is -3.59. The number of nitrogens with zero attached hydrogens (tertiary/aromatic N) is 3. The van der Waals surface area contributed by atoms with Gasteiger partial charge in [-0.3, -0.25) is 10.1 Å². The van der Waals surface area contributed by atoms with E-state index in [9.17, 15) is 10.1 Å². The molecule has 0 fully saturated rings. The minimum absolute atomic E-state index is 0.0278. The van der Waals surface area contributed by atoms with Crippen molar-refractivity contribution in [3.63, 3.8) is 0 Å². The zero-order valence-corrected chi connectivity index (χ0v) is 20.4. The summed E-state index contributed by atoms with van der Waals surface area (Å²) >= 11 is 3.57. The van der Waals surface area contributed by atoms with Crippen molar-refractivity contribution in [3.8, 4) is 17.2 Å². The fourth-order valence-corrected chi connectivity index (χ4v) is 4.93. The van der Waals surface area contributed by atoms with Crippen LogP contribution in [0, 0.1) is 10.1 Å². The van der Waals surface area contributed by atoms with Gasteiger partial charge in [0.1, 0.15) is 5.75 Å². The zero-order valence-electron chi connectivity index (χ0n) is 18.8. The van der Waals surface area contributed by atoms with Crippen molar-refractivity contribution in [2.75, 3.05) is 14.2 Å². The Morgan fingerprint density at radius 3 is 2.50 bits per heavy atom. The van der Waals surface area contributed by atoms with Crippen LogP contribution >= 0.6 is 15.9 Å². The Morgan fingerprint density at radius 2 is 1.82 bits per heavy atom. The van der Waals surface area contributed by atoms with Crippen molar-refractivity contribution in [1.82, 2.24) is 5.01 Å². The normalized spacial score (nSPS) is 20.6. The van der Waals surface area contributed by atoms with Crippen LogP contribution in [-0.2, 0) is 5.72 Å². The standard InChI is InChI=1S/C25H22BrN3O5/c1-25(16-5-8-18(9-6-16)29(30)31)28-21(19-13-17(26)7-11-22(19)34-25)14-20(27-28)15-4-10-23(32-2)24(12-15)33-3/h4-13,21H,14H2,1-3H3/t21-,25-/m0/s1. The minimum atomic E-state index is -0.959. The summed E-state index contributed by atoms with van der Waals surface area (Å²) in [4.78, 5) is 10.8. The Balaban J connectivity index is 1.62. The Labute approximate surface area is 205 Å². The smallest absolute Gasteiger partial charge is 0.269 e. The summed E-state index contributed by atoms with van der Waals surface area (Å²) in [5.41, 5.74) is 2.67. The number of halogens is 1. The van der Waals surface area contributed by atoms with Gasteiger partial charge in [-0.2, -0.15) is 5.10 Å². The van der Waals surface area contributed by atoms with Crippen LogP contribution in [0.4, 0.5) is 5.69 Å². The van der Waals surface area contributed by atoms with Crippen molar-refractivity contribution in [2.45, 2.75) is 25.1 Å². The van der Waals surface area contributed by atoms with Gasteiger partial charge in [-0.1, -0.05) is 15.9 Å². The van der Waals surface area contributed by atoms with Crippen LogP contribution in [0.2, 0.25) is 0 Å². The van der Waals surface area contributed by atoms with Crippen molar-refractivity contribution >= 4 is 27.3 Å². The van der Waals surface area contributed by atoms with Crippen LogP contribution < -0.4 is 14.2 Å². The second kappa shape index (κ2) is 8.32. The average Bonchev–Trinajstić information content (AvgIpc) is 3.31. The number of fused-ring (bicyclic) bond motifs is 3. The van der Waals surface area contributed by atoms with Crippen molar-refractivity contribution in [3.05, 3.63) is 91.9 Å². The molecule has 3 aromatic rings. The number of nitro benzene ring substituents is 1. The zero-order chi connectivity index (χ0) is 24.0. The van der Waals surface area contributed by atoms with E-state index in [1.165, 1.54) is 12.1 Å². The first-order valence-corrected chi connectivity index (χ1v) is 11.5. The molecule has 9 heteroatoms. The van der Waals surface area contributed by atoms with Crippen molar-refractivity contribution < 1.29 is 19.1 Å². The number of hydrazone groups is 1. The molecule has 0 aromatic heterocycles. The summed E-state index contributed by atoms with van der Waals surface area (Å²) < 4.78 is 18.3. The number of hydrogen-bond acceptors (Lipinski definition) is 7. The highest BCUT2D eigenvalue weighted by molar-refractivity contribution is 9.10. The highest BCUT2D eigenvalue weighted by atomic mass is 79.9. The average molecular weight is 524 g/mol. The number of benzene rings is 3. The first-order valence-electron chi connectivity index (χ1n) is 10.7. The largest absolute Gasteiger partial charge is 0.493 e. The molecule has 3 aromatic carbocycles. The quantitative estimate of drug-likeness (QED) is 0.310. The highest BCUT2D eigenvalue weighted by Gasteiger charge is 2.49. The molecule has 0 spiro atoms. The van der Waals surface area contributed by atoms with E-state index in [1.54, 1.807) is 26.4 Å². The van der Waals surface area contributed by atoms with Crippen molar-refractivity contribution in [2.24, 2.45) is 5.10 Å². The van der Waals surface area contributed by atoms with Gasteiger partial charge in [0.2, 0.25) is 5.72 Å². The van der Waals surface area contributed by atoms with Gasteiger partial charge in [-0.05, 0) is 48.5 Å². The van der Waals surface area contributed by atoms with Gasteiger partial charge in [-0.15, -0.1) is 0 Å². The molecule has 0 bridgehead atoms. The third-order valence-corrected chi connectivity index (χ3v) is 6.81. The van der Waals surface area contributed by atoms with E-state index in [0.717, 1.165) is 32.6 Å². The number of ether oxygens (including phenoxy) is 3. The molecule has 8 nitrogen and oxygen atoms in total. The maximum absolute atomic E-state index is 11.2. The molecule has 0 radical (unpaired) electrons. The lowest BCUT2D eigenvalue weighted by Gasteiger charge is -2.46. The predicted molar refractivity (Wildman–Crippen MR) is 130 cm³/mol. The lowest BCUT2D eigenvalue weighted by molar-refractivity contribution is -0.384. The lowest BCUT2D eigenvalue weighted by atomic mass is 9.92. The maximum Gasteiger partial charge on any atom is 0.269 e. The predicted octanol–water partition coefficient (Wildman–Crippen LogP) is 5.79. The Morgan fingerprint density at radius 1 is 1.09 bits per heavy atom. The molecule has 2 atom stereocenters. The second-order valence-electron chi connectivity index (χ2n) is 8.25. The number of rotatable bonds is 5. The number of methoxy groups -OCH3 is 2. The third-order valence-electron chi connectivity index (χ3n) is 6.32. The summed E-state index contributed by atoms with van der Waals surface area (Å²) in [5, 5.41) is 18.1. The number of hydrogen-bond donors (Lipinski definition) is 0. The van der Waals surface area contributed by atoms with Gasteiger partial charge in [0.05, 0.1) is 30.9 Å². The van der Waals surface area contributed by atoms with Gasteiger partial charge in [0.15, 0.2) is 11.5 Å². The van der Waals surface area contributed by atoms with E-state index in [-0.39, 0.29) is 11.7 Å². The lowest BCUT2D eigenvalue weighted by Crippen LogP contribution is -2.48. The SMILES string of the molecule is COc1ccc(C2=NN3[C@@H](C2)c2cc(Br)ccc2O[C@@]3(C)c2ccc([N+](=O)[O-])cc2)cc1OC. The van der Waals surface area contributed by atoms with Gasteiger partial charge in [0.25, 0.3) is 5.69 Å². The number of nitro groups is 1. The molecule has 0 saturated carbocycles. The fraction of sp³-hybridized carbons (Fsp3) is 0.240. The molecule has 34 heavy (non-hydrogen) atoms. The monoisotopic (exact) mass is 523 g/mol. The van der Waals surface area contributed by atoms with Crippen LogP contribution in [-0.4, -0.2) is 29.9 Å². The summed E-state index contributed by atoms with van der Waals surface area (Å²) in [7, 11) is 3.21. The van der Waals surface area contributed by atoms with Crippen LogP contribution in [0.5, 0.6) is 17.2 Å². The molecular formula is C25H22BrN3O5. The van der Waals surface area contributed by atoms with E-state index >= 15 is 0 Å². The first kappa shape index (κ1) is 22.2. The molecule has 5 rings (SSSR count). The van der Waals surface area contributed by atoms with Crippen LogP contribution in [0.25, 0.3) is 0 Å². The number of non-ortho nitro benzene ring substituents is 1. The fourth-order valence-electron chi connectivity index (χ4n) is 4.55. The third kappa shape index (κ3) is 3.56. The Bertz CT molecular complexity index is 1310. The molecule has 2 heterocycles. The molecule has 0 saturated heterocycles. The van der Waals surface area contributed by atoms with Gasteiger partial charge in [-0.25, -0.2) is 5.01 Å². The van der Waals surface area contributed by atoms with Gasteiger partial charge < -0.3 is 14.2 Å². The summed E-state index contributed by atoms with van der Waals surface area (Å²) in [6, 6.07) is 18.0. The van der Waals surface area contributed by atoms with Crippen LogP contribution in [0.1, 0.15) is 36.1 Å². The summed E-state index contributed by atoms with van der Waals surface area (Å²) in [6.07, 6.45) is 0.658. The maximum atomic E-state index is 11.2. The summed E-state index contributed by atoms with van der Waals surface area (Å²) in [6.45, 7) is 1.94. The van der Waals surface area contributed by atoms with E-state index in [4.69, 9.17) is 19.3 Å². The molecule has 2 aliphatic rings. The van der Waals surface area contributed by atoms with Crippen LogP contribution in [0.3, 0.4) is 0 Å². The van der Waals surface area contributed by atoms with E-state index in [0.29, 0.717) is 17.9 Å². The van der Waals surface area contributed by atoms with Gasteiger partial charge >= 0.3 is 0 Å². The molecule has 0 amide bonds. The first-order chi connectivity index (χ1) is 16.3. The Kier molecular flexibility index (Phi) is 5.44.